The number of aryl methyl sites for hydroxylation is 1. The smallest absolute Gasteiger partial charge is 0.238 e. The molecule has 1 saturated heterocycles. The van der Waals surface area contributed by atoms with Crippen molar-refractivity contribution >= 4 is 17.3 Å². The van der Waals surface area contributed by atoms with Gasteiger partial charge in [0, 0.05) is 55.8 Å². The number of rotatable bonds is 6. The lowest BCUT2D eigenvalue weighted by molar-refractivity contribution is -0.117. The molecule has 2 aromatic rings. The molecule has 1 fully saturated rings. The number of amides is 1. The minimum absolute atomic E-state index is 0.0327. The summed E-state index contributed by atoms with van der Waals surface area (Å²) in [5, 5.41) is 2.94. The number of hydrogen-bond donors (Lipinski definition) is 1. The van der Waals surface area contributed by atoms with Crippen LogP contribution in [0.15, 0.2) is 42.5 Å². The normalized spacial score (nSPS) is 14.7. The summed E-state index contributed by atoms with van der Waals surface area (Å²) >= 11 is 0. The van der Waals surface area contributed by atoms with Crippen molar-refractivity contribution in [2.75, 3.05) is 57.2 Å². The van der Waals surface area contributed by atoms with E-state index in [9.17, 15) is 4.79 Å². The Bertz CT molecular complexity index is 764. The van der Waals surface area contributed by atoms with Crippen LogP contribution in [0, 0.1) is 6.92 Å². The van der Waals surface area contributed by atoms with Crippen molar-refractivity contribution < 1.29 is 14.3 Å². The van der Waals surface area contributed by atoms with Crippen LogP contribution < -0.4 is 19.7 Å². The molecule has 27 heavy (non-hydrogen) atoms. The second kappa shape index (κ2) is 8.77. The zero-order chi connectivity index (χ0) is 19.2. The number of piperazine rings is 1. The van der Waals surface area contributed by atoms with Gasteiger partial charge in [-0.3, -0.25) is 9.69 Å². The van der Waals surface area contributed by atoms with Crippen LogP contribution in [0.2, 0.25) is 0 Å². The highest BCUT2D eigenvalue weighted by Crippen LogP contribution is 2.26. The molecule has 6 heteroatoms. The van der Waals surface area contributed by atoms with Crippen LogP contribution in [0.5, 0.6) is 11.5 Å². The Morgan fingerprint density at radius 3 is 2.22 bits per heavy atom. The van der Waals surface area contributed by atoms with Crippen molar-refractivity contribution in [2.24, 2.45) is 0 Å². The van der Waals surface area contributed by atoms with E-state index in [1.54, 1.807) is 32.4 Å². The maximum absolute atomic E-state index is 12.4. The van der Waals surface area contributed by atoms with E-state index < -0.39 is 0 Å². The summed E-state index contributed by atoms with van der Waals surface area (Å²) in [5.74, 6) is 1.27. The highest BCUT2D eigenvalue weighted by atomic mass is 16.5. The first kappa shape index (κ1) is 19.0. The summed E-state index contributed by atoms with van der Waals surface area (Å²) in [6, 6.07) is 13.8. The number of ether oxygens (including phenoxy) is 2. The van der Waals surface area contributed by atoms with E-state index in [4.69, 9.17) is 9.47 Å². The summed E-state index contributed by atoms with van der Waals surface area (Å²) in [7, 11) is 3.18. The third-order valence-corrected chi connectivity index (χ3v) is 4.83. The van der Waals surface area contributed by atoms with E-state index in [1.807, 2.05) is 0 Å². The number of benzene rings is 2. The fourth-order valence-electron chi connectivity index (χ4n) is 3.35. The Morgan fingerprint density at radius 1 is 1.00 bits per heavy atom. The van der Waals surface area contributed by atoms with E-state index in [0.717, 1.165) is 26.2 Å². The van der Waals surface area contributed by atoms with Gasteiger partial charge in [-0.1, -0.05) is 18.2 Å². The van der Waals surface area contributed by atoms with Crippen molar-refractivity contribution in [3.63, 3.8) is 0 Å². The summed E-state index contributed by atoms with van der Waals surface area (Å²) in [4.78, 5) is 17.0. The molecule has 1 aliphatic rings. The highest BCUT2D eigenvalue weighted by Gasteiger charge is 2.20. The number of para-hydroxylation sites is 1. The average Bonchev–Trinajstić information content (AvgIpc) is 2.68. The molecule has 0 saturated carbocycles. The maximum atomic E-state index is 12.4. The predicted molar refractivity (Wildman–Crippen MR) is 108 cm³/mol. The molecule has 1 N–H and O–H groups in total. The molecule has 1 aliphatic heterocycles. The first-order valence-corrected chi connectivity index (χ1v) is 9.15. The molecule has 0 unspecified atom stereocenters. The maximum Gasteiger partial charge on any atom is 0.238 e. The molecule has 0 radical (unpaired) electrons. The zero-order valence-corrected chi connectivity index (χ0v) is 16.2. The van der Waals surface area contributed by atoms with Crippen LogP contribution in [0.25, 0.3) is 0 Å². The molecule has 1 heterocycles. The van der Waals surface area contributed by atoms with Crippen LogP contribution in [0.3, 0.4) is 0 Å². The molecule has 1 amide bonds. The van der Waals surface area contributed by atoms with Crippen molar-refractivity contribution in [1.82, 2.24) is 4.90 Å². The van der Waals surface area contributed by atoms with Crippen molar-refractivity contribution in [3.8, 4) is 11.5 Å². The van der Waals surface area contributed by atoms with Gasteiger partial charge >= 0.3 is 0 Å². The fourth-order valence-corrected chi connectivity index (χ4v) is 3.35. The number of anilines is 2. The molecular weight excluding hydrogens is 342 g/mol. The molecule has 0 aliphatic carbocycles. The molecular formula is C21H27N3O3. The second-order valence-corrected chi connectivity index (χ2v) is 6.70. The topological polar surface area (TPSA) is 54.0 Å². The standard InChI is InChI=1S/C21H27N3O3/c1-16-6-4-5-7-20(16)24-10-8-23(9-11-24)15-21(25)22-17-12-18(26-2)14-19(13-17)27-3/h4-7,12-14H,8-11,15H2,1-3H3,(H,22,25). The van der Waals surface area contributed by atoms with Gasteiger partial charge < -0.3 is 19.7 Å². The number of hydrogen-bond acceptors (Lipinski definition) is 5. The van der Waals surface area contributed by atoms with Crippen molar-refractivity contribution in [2.45, 2.75) is 6.92 Å². The van der Waals surface area contributed by atoms with E-state index in [0.29, 0.717) is 23.7 Å². The molecule has 0 bridgehead atoms. The van der Waals surface area contributed by atoms with Crippen LogP contribution in [-0.4, -0.2) is 57.8 Å². The third-order valence-electron chi connectivity index (χ3n) is 4.83. The van der Waals surface area contributed by atoms with Crippen molar-refractivity contribution in [3.05, 3.63) is 48.0 Å². The molecule has 144 valence electrons. The number of carbonyl (C=O) groups excluding carboxylic acids is 1. The summed E-state index contributed by atoms with van der Waals surface area (Å²) < 4.78 is 10.5. The van der Waals surface area contributed by atoms with Crippen LogP contribution in [0.1, 0.15) is 5.56 Å². The first-order valence-electron chi connectivity index (χ1n) is 9.15. The number of carbonyl (C=O) groups is 1. The number of nitrogens with zero attached hydrogens (tertiary/aromatic N) is 2. The van der Waals surface area contributed by atoms with Gasteiger partial charge in [0.15, 0.2) is 0 Å². The molecule has 6 nitrogen and oxygen atoms in total. The van der Waals surface area contributed by atoms with Gasteiger partial charge in [0.05, 0.1) is 20.8 Å². The Labute approximate surface area is 160 Å². The lowest BCUT2D eigenvalue weighted by Crippen LogP contribution is -2.48. The van der Waals surface area contributed by atoms with Crippen molar-refractivity contribution in [1.29, 1.82) is 0 Å². The lowest BCUT2D eigenvalue weighted by atomic mass is 10.1. The van der Waals surface area contributed by atoms with Gasteiger partial charge in [-0.15, -0.1) is 0 Å². The Balaban J connectivity index is 1.53. The van der Waals surface area contributed by atoms with Gasteiger partial charge in [-0.05, 0) is 18.6 Å². The molecule has 3 rings (SSSR count). The minimum Gasteiger partial charge on any atom is -0.497 e. The Morgan fingerprint density at radius 2 is 1.63 bits per heavy atom. The Hall–Kier alpha value is -2.73. The Kier molecular flexibility index (Phi) is 6.19. The molecule has 0 spiro atoms. The van der Waals surface area contributed by atoms with Gasteiger partial charge in [0.1, 0.15) is 11.5 Å². The van der Waals surface area contributed by atoms with E-state index >= 15 is 0 Å². The average molecular weight is 369 g/mol. The zero-order valence-electron chi connectivity index (χ0n) is 16.2. The summed E-state index contributed by atoms with van der Waals surface area (Å²) in [5.41, 5.74) is 3.25. The largest absolute Gasteiger partial charge is 0.497 e. The lowest BCUT2D eigenvalue weighted by Gasteiger charge is -2.36. The second-order valence-electron chi connectivity index (χ2n) is 6.70. The summed E-state index contributed by atoms with van der Waals surface area (Å²) in [6.45, 7) is 6.08. The summed E-state index contributed by atoms with van der Waals surface area (Å²) in [6.07, 6.45) is 0. The molecule has 0 atom stereocenters. The first-order chi connectivity index (χ1) is 13.1. The minimum atomic E-state index is -0.0327. The SMILES string of the molecule is COc1cc(NC(=O)CN2CCN(c3ccccc3C)CC2)cc(OC)c1. The van der Waals surface area contributed by atoms with Gasteiger partial charge in [-0.2, -0.15) is 0 Å². The molecule has 0 aromatic heterocycles. The van der Waals surface area contributed by atoms with Gasteiger partial charge in [-0.25, -0.2) is 0 Å². The number of methoxy groups -OCH3 is 2. The van der Waals surface area contributed by atoms with E-state index in [1.165, 1.54) is 11.3 Å². The van der Waals surface area contributed by atoms with E-state index in [-0.39, 0.29) is 5.91 Å². The highest BCUT2D eigenvalue weighted by molar-refractivity contribution is 5.92. The predicted octanol–water partition coefficient (Wildman–Crippen LogP) is 2.77. The van der Waals surface area contributed by atoms with Gasteiger partial charge in [0.2, 0.25) is 5.91 Å². The van der Waals surface area contributed by atoms with Crippen LogP contribution in [-0.2, 0) is 4.79 Å². The van der Waals surface area contributed by atoms with Crippen LogP contribution in [0.4, 0.5) is 11.4 Å². The monoisotopic (exact) mass is 369 g/mol. The molecule has 2 aromatic carbocycles. The fraction of sp³-hybridized carbons (Fsp3) is 0.381. The van der Waals surface area contributed by atoms with Gasteiger partial charge in [0.25, 0.3) is 0 Å². The third kappa shape index (κ3) is 4.92. The van der Waals surface area contributed by atoms with Crippen LogP contribution >= 0.6 is 0 Å². The number of nitrogens with one attached hydrogen (secondary N) is 1. The quantitative estimate of drug-likeness (QED) is 0.849. The van der Waals surface area contributed by atoms with E-state index in [2.05, 4.69) is 46.3 Å².